The number of ether oxygens (including phenoxy) is 1. The quantitative estimate of drug-likeness (QED) is 0.636. The van der Waals surface area contributed by atoms with Gasteiger partial charge in [-0.1, -0.05) is 17.5 Å². The molecule has 0 amide bonds. The van der Waals surface area contributed by atoms with E-state index in [2.05, 4.69) is 5.92 Å². The topological polar surface area (TPSA) is 9.23 Å². The highest BCUT2D eigenvalue weighted by Gasteiger charge is 1.99. The van der Waals surface area contributed by atoms with E-state index in [4.69, 9.17) is 22.8 Å². The van der Waals surface area contributed by atoms with Crippen LogP contribution in [-0.4, -0.2) is 6.61 Å². The molecular formula is C10H9ClO. The largest absolute Gasteiger partial charge is 0.492 e. The van der Waals surface area contributed by atoms with E-state index < -0.39 is 0 Å². The molecule has 12 heavy (non-hydrogen) atoms. The summed E-state index contributed by atoms with van der Waals surface area (Å²) < 4.78 is 5.24. The lowest BCUT2D eigenvalue weighted by Crippen LogP contribution is -1.92. The minimum absolute atomic E-state index is 0.562. The Hall–Kier alpha value is -1.13. The number of hydrogen-bond acceptors (Lipinski definition) is 1. The van der Waals surface area contributed by atoms with Crippen LogP contribution in [-0.2, 0) is 0 Å². The van der Waals surface area contributed by atoms with Crippen LogP contribution in [0.5, 0.6) is 5.75 Å². The third-order valence-electron chi connectivity index (χ3n) is 1.40. The maximum atomic E-state index is 5.87. The summed E-state index contributed by atoms with van der Waals surface area (Å²) in [5.74, 6) is 3.18. The van der Waals surface area contributed by atoms with Gasteiger partial charge < -0.3 is 4.74 Å². The Kier molecular flexibility index (Phi) is 3.01. The van der Waals surface area contributed by atoms with Crippen LogP contribution in [0.1, 0.15) is 12.5 Å². The van der Waals surface area contributed by atoms with E-state index >= 15 is 0 Å². The average Bonchev–Trinajstić information content (AvgIpc) is 2.09. The molecule has 0 aliphatic heterocycles. The molecular weight excluding hydrogens is 172 g/mol. The Morgan fingerprint density at radius 3 is 2.83 bits per heavy atom. The first-order chi connectivity index (χ1) is 5.77. The fraction of sp³-hybridized carbons (Fsp3) is 0.200. The summed E-state index contributed by atoms with van der Waals surface area (Å²) in [5.41, 5.74) is 0.767. The van der Waals surface area contributed by atoms with Crippen LogP contribution in [0, 0.1) is 12.3 Å². The van der Waals surface area contributed by atoms with E-state index in [9.17, 15) is 0 Å². The molecule has 0 aromatic heterocycles. The van der Waals surface area contributed by atoms with Gasteiger partial charge in [0.1, 0.15) is 5.75 Å². The third kappa shape index (κ3) is 1.93. The van der Waals surface area contributed by atoms with Gasteiger partial charge >= 0.3 is 0 Å². The number of hydrogen-bond donors (Lipinski definition) is 0. The molecule has 0 atom stereocenters. The molecule has 0 saturated carbocycles. The van der Waals surface area contributed by atoms with Gasteiger partial charge in [0.2, 0.25) is 0 Å². The summed E-state index contributed by atoms with van der Waals surface area (Å²) in [4.78, 5) is 0. The normalized spacial score (nSPS) is 9.08. The van der Waals surface area contributed by atoms with Crippen molar-refractivity contribution in [3.05, 3.63) is 28.8 Å². The highest BCUT2D eigenvalue weighted by Crippen LogP contribution is 2.24. The second-order valence-corrected chi connectivity index (χ2v) is 2.63. The van der Waals surface area contributed by atoms with E-state index in [1.165, 1.54) is 0 Å². The van der Waals surface area contributed by atoms with Crippen LogP contribution in [0.4, 0.5) is 0 Å². The molecule has 0 aliphatic rings. The zero-order valence-electron chi connectivity index (χ0n) is 6.80. The first-order valence-electron chi connectivity index (χ1n) is 3.67. The van der Waals surface area contributed by atoms with Gasteiger partial charge in [-0.05, 0) is 25.1 Å². The molecule has 1 rings (SSSR count). The van der Waals surface area contributed by atoms with Crippen molar-refractivity contribution in [2.75, 3.05) is 6.61 Å². The molecule has 0 aliphatic carbocycles. The molecule has 1 aromatic rings. The molecule has 1 nitrogen and oxygen atoms in total. The van der Waals surface area contributed by atoms with Crippen LogP contribution >= 0.6 is 11.6 Å². The first kappa shape index (κ1) is 8.96. The van der Waals surface area contributed by atoms with Gasteiger partial charge in [-0.2, -0.15) is 0 Å². The minimum atomic E-state index is 0.562. The lowest BCUT2D eigenvalue weighted by atomic mass is 10.2. The van der Waals surface area contributed by atoms with Crippen molar-refractivity contribution >= 4 is 11.6 Å². The first-order valence-corrected chi connectivity index (χ1v) is 4.04. The standard InChI is InChI=1S/C10H9ClO/c1-3-8-5-6-10(12-4-2)9(11)7-8/h1,5-7H,4H2,2H3. The minimum Gasteiger partial charge on any atom is -0.492 e. The van der Waals surface area contributed by atoms with Crippen molar-refractivity contribution in [3.63, 3.8) is 0 Å². The molecule has 0 spiro atoms. The summed E-state index contributed by atoms with van der Waals surface area (Å²) in [5, 5.41) is 0.562. The van der Waals surface area contributed by atoms with E-state index in [0.29, 0.717) is 17.4 Å². The Bertz CT molecular complexity index is 312. The van der Waals surface area contributed by atoms with E-state index in [-0.39, 0.29) is 0 Å². The van der Waals surface area contributed by atoms with Crippen LogP contribution in [0.3, 0.4) is 0 Å². The smallest absolute Gasteiger partial charge is 0.137 e. The van der Waals surface area contributed by atoms with Crippen LogP contribution in [0.25, 0.3) is 0 Å². The summed E-state index contributed by atoms with van der Waals surface area (Å²) >= 11 is 5.87. The lowest BCUT2D eigenvalue weighted by molar-refractivity contribution is 0.340. The number of benzene rings is 1. The SMILES string of the molecule is C#Cc1ccc(OCC)c(Cl)c1. The highest BCUT2D eigenvalue weighted by molar-refractivity contribution is 6.32. The van der Waals surface area contributed by atoms with E-state index in [0.717, 1.165) is 5.56 Å². The summed E-state index contributed by atoms with van der Waals surface area (Å²) in [6.45, 7) is 2.51. The zero-order chi connectivity index (χ0) is 8.97. The van der Waals surface area contributed by atoms with Crippen molar-refractivity contribution in [3.8, 4) is 18.1 Å². The Labute approximate surface area is 77.3 Å². The predicted octanol–water partition coefficient (Wildman–Crippen LogP) is 2.72. The second kappa shape index (κ2) is 4.04. The second-order valence-electron chi connectivity index (χ2n) is 2.22. The molecule has 0 radical (unpaired) electrons. The van der Waals surface area contributed by atoms with Gasteiger partial charge in [0.25, 0.3) is 0 Å². The number of terminal acetylenes is 1. The monoisotopic (exact) mass is 180 g/mol. The Balaban J connectivity index is 2.97. The predicted molar refractivity (Wildman–Crippen MR) is 50.6 cm³/mol. The van der Waals surface area contributed by atoms with Gasteiger partial charge in [0, 0.05) is 5.56 Å². The Morgan fingerprint density at radius 2 is 2.33 bits per heavy atom. The zero-order valence-corrected chi connectivity index (χ0v) is 7.56. The van der Waals surface area contributed by atoms with Crippen molar-refractivity contribution in [2.24, 2.45) is 0 Å². The van der Waals surface area contributed by atoms with Crippen LogP contribution in [0.2, 0.25) is 5.02 Å². The number of halogens is 1. The van der Waals surface area contributed by atoms with Crippen LogP contribution < -0.4 is 4.74 Å². The Morgan fingerprint density at radius 1 is 1.58 bits per heavy atom. The highest BCUT2D eigenvalue weighted by atomic mass is 35.5. The summed E-state index contributed by atoms with van der Waals surface area (Å²) in [7, 11) is 0. The fourth-order valence-electron chi connectivity index (χ4n) is 0.863. The van der Waals surface area contributed by atoms with Crippen molar-refractivity contribution in [1.82, 2.24) is 0 Å². The maximum Gasteiger partial charge on any atom is 0.137 e. The van der Waals surface area contributed by atoms with Gasteiger partial charge in [-0.15, -0.1) is 6.42 Å². The van der Waals surface area contributed by atoms with Gasteiger partial charge in [0.05, 0.1) is 11.6 Å². The lowest BCUT2D eigenvalue weighted by Gasteiger charge is -2.04. The molecule has 1 aromatic carbocycles. The fourth-order valence-corrected chi connectivity index (χ4v) is 1.10. The molecule has 62 valence electrons. The molecule has 0 unspecified atom stereocenters. The van der Waals surface area contributed by atoms with Gasteiger partial charge in [-0.3, -0.25) is 0 Å². The molecule has 0 bridgehead atoms. The number of rotatable bonds is 2. The maximum absolute atomic E-state index is 5.87. The van der Waals surface area contributed by atoms with Crippen molar-refractivity contribution in [2.45, 2.75) is 6.92 Å². The third-order valence-corrected chi connectivity index (χ3v) is 1.69. The van der Waals surface area contributed by atoms with Crippen molar-refractivity contribution in [1.29, 1.82) is 0 Å². The van der Waals surface area contributed by atoms with Crippen LogP contribution in [0.15, 0.2) is 18.2 Å². The molecule has 0 saturated heterocycles. The van der Waals surface area contributed by atoms with Gasteiger partial charge in [-0.25, -0.2) is 0 Å². The van der Waals surface area contributed by atoms with Crippen molar-refractivity contribution < 1.29 is 4.74 Å². The molecule has 0 fully saturated rings. The summed E-state index contributed by atoms with van der Waals surface area (Å²) in [6.07, 6.45) is 5.19. The average molecular weight is 181 g/mol. The van der Waals surface area contributed by atoms with E-state index in [1.54, 1.807) is 18.2 Å². The molecule has 2 heteroatoms. The molecule has 0 N–H and O–H groups in total. The molecule has 0 heterocycles. The van der Waals surface area contributed by atoms with E-state index in [1.807, 2.05) is 6.92 Å². The summed E-state index contributed by atoms with van der Waals surface area (Å²) in [6, 6.07) is 5.30. The van der Waals surface area contributed by atoms with Gasteiger partial charge in [0.15, 0.2) is 0 Å².